The van der Waals surface area contributed by atoms with Crippen molar-refractivity contribution in [3.05, 3.63) is 47.9 Å². The Kier molecular flexibility index (Phi) is 5.47. The summed E-state index contributed by atoms with van der Waals surface area (Å²) in [6.45, 7) is 11.4. The highest BCUT2D eigenvalue weighted by molar-refractivity contribution is 9.11. The predicted octanol–water partition coefficient (Wildman–Crippen LogP) is 3.78. The summed E-state index contributed by atoms with van der Waals surface area (Å²) in [7, 11) is 0. The van der Waals surface area contributed by atoms with E-state index in [9.17, 15) is 0 Å². The van der Waals surface area contributed by atoms with Crippen LogP contribution in [0.5, 0.6) is 0 Å². The van der Waals surface area contributed by atoms with E-state index in [1.807, 2.05) is 37.1 Å². The molecule has 0 saturated heterocycles. The van der Waals surface area contributed by atoms with Gasteiger partial charge in [-0.05, 0) is 35.9 Å². The molecule has 0 aliphatic carbocycles. The third kappa shape index (κ3) is 3.09. The van der Waals surface area contributed by atoms with Crippen LogP contribution in [-0.2, 0) is 0 Å². The lowest BCUT2D eigenvalue weighted by Crippen LogP contribution is -2.09. The lowest BCUT2D eigenvalue weighted by Gasteiger charge is -2.19. The Balaban J connectivity index is 4.66. The van der Waals surface area contributed by atoms with E-state index >= 15 is 0 Å². The summed E-state index contributed by atoms with van der Waals surface area (Å²) >= 11 is 3.41. The van der Waals surface area contributed by atoms with Crippen molar-refractivity contribution in [1.82, 2.24) is 4.90 Å². The summed E-state index contributed by atoms with van der Waals surface area (Å²) in [5.74, 6) is 0. The van der Waals surface area contributed by atoms with Crippen molar-refractivity contribution < 1.29 is 0 Å². The van der Waals surface area contributed by atoms with Crippen molar-refractivity contribution in [2.75, 3.05) is 0 Å². The van der Waals surface area contributed by atoms with Gasteiger partial charge in [0.05, 0.1) is 4.61 Å². The zero-order valence-corrected chi connectivity index (χ0v) is 9.13. The Morgan fingerprint density at radius 3 is 2.33 bits per heavy atom. The fraction of sp³-hybridized carbons (Fsp3) is 0.200. The molecule has 66 valence electrons. The monoisotopic (exact) mass is 227 g/mol. The standard InChI is InChI=1S/C10H14BrN/c1-5-8-12(9(4)6-2)10(11)7-3/h5-8H,2,4H2,1,3H3/b8-5-,10-7-. The van der Waals surface area contributed by atoms with Crippen LogP contribution in [0.2, 0.25) is 0 Å². The Labute approximate surface area is 82.9 Å². The fourth-order valence-electron chi connectivity index (χ4n) is 0.691. The molecule has 0 saturated carbocycles. The maximum absolute atomic E-state index is 3.85. The van der Waals surface area contributed by atoms with Crippen molar-refractivity contribution >= 4 is 15.9 Å². The molecule has 12 heavy (non-hydrogen) atoms. The molecule has 0 rings (SSSR count). The molecule has 0 atom stereocenters. The van der Waals surface area contributed by atoms with E-state index in [1.54, 1.807) is 6.08 Å². The Morgan fingerprint density at radius 1 is 1.42 bits per heavy atom. The minimum Gasteiger partial charge on any atom is -0.312 e. The van der Waals surface area contributed by atoms with Crippen molar-refractivity contribution in [3.63, 3.8) is 0 Å². The van der Waals surface area contributed by atoms with Gasteiger partial charge in [-0.3, -0.25) is 0 Å². The summed E-state index contributed by atoms with van der Waals surface area (Å²) in [5, 5.41) is 0. The molecule has 0 unspecified atom stereocenters. The second-order valence-electron chi connectivity index (χ2n) is 2.16. The average molecular weight is 228 g/mol. The van der Waals surface area contributed by atoms with Gasteiger partial charge in [-0.2, -0.15) is 0 Å². The first-order valence-electron chi connectivity index (χ1n) is 3.72. The summed E-state index contributed by atoms with van der Waals surface area (Å²) in [6, 6.07) is 0. The number of rotatable bonds is 4. The van der Waals surface area contributed by atoms with Crippen LogP contribution in [0.15, 0.2) is 47.9 Å². The van der Waals surface area contributed by atoms with Gasteiger partial charge in [0, 0.05) is 11.9 Å². The van der Waals surface area contributed by atoms with E-state index in [1.165, 1.54) is 0 Å². The van der Waals surface area contributed by atoms with E-state index in [0.29, 0.717) is 0 Å². The first kappa shape index (κ1) is 11.2. The van der Waals surface area contributed by atoms with Gasteiger partial charge in [-0.15, -0.1) is 0 Å². The number of hydrogen-bond donors (Lipinski definition) is 0. The van der Waals surface area contributed by atoms with Crippen LogP contribution in [0.1, 0.15) is 13.8 Å². The summed E-state index contributed by atoms with van der Waals surface area (Å²) in [4.78, 5) is 1.91. The van der Waals surface area contributed by atoms with Crippen LogP contribution in [0.25, 0.3) is 0 Å². The predicted molar refractivity (Wildman–Crippen MR) is 58.7 cm³/mol. The van der Waals surface area contributed by atoms with E-state index in [2.05, 4.69) is 29.1 Å². The molecule has 0 fully saturated rings. The van der Waals surface area contributed by atoms with E-state index < -0.39 is 0 Å². The van der Waals surface area contributed by atoms with Gasteiger partial charge in [0.25, 0.3) is 0 Å². The SMILES string of the molecule is C=CC(=C)N(/C=C\C)/C(Br)=C\C. The molecule has 1 nitrogen and oxygen atoms in total. The summed E-state index contributed by atoms with van der Waals surface area (Å²) in [6.07, 6.45) is 7.53. The van der Waals surface area contributed by atoms with Gasteiger partial charge >= 0.3 is 0 Å². The molecule has 0 aromatic carbocycles. The number of halogens is 1. The maximum Gasteiger partial charge on any atom is 0.0847 e. The highest BCUT2D eigenvalue weighted by atomic mass is 79.9. The summed E-state index contributed by atoms with van der Waals surface area (Å²) in [5.41, 5.74) is 0.845. The van der Waals surface area contributed by atoms with E-state index in [-0.39, 0.29) is 0 Å². The van der Waals surface area contributed by atoms with Crippen LogP contribution >= 0.6 is 15.9 Å². The number of hydrogen-bond acceptors (Lipinski definition) is 1. The lowest BCUT2D eigenvalue weighted by atomic mass is 10.4. The first-order valence-corrected chi connectivity index (χ1v) is 4.51. The molecule has 0 heterocycles. The number of allylic oxidation sites excluding steroid dienone is 3. The van der Waals surface area contributed by atoms with Crippen LogP contribution in [-0.4, -0.2) is 4.90 Å². The molecule has 0 aliphatic heterocycles. The second-order valence-corrected chi connectivity index (χ2v) is 2.97. The highest BCUT2D eigenvalue weighted by Gasteiger charge is 2.02. The van der Waals surface area contributed by atoms with Gasteiger partial charge in [-0.25, -0.2) is 0 Å². The van der Waals surface area contributed by atoms with Gasteiger partial charge < -0.3 is 4.90 Å². The topological polar surface area (TPSA) is 3.24 Å². The Hall–Kier alpha value is -0.760. The molecule has 0 aromatic heterocycles. The first-order chi connectivity index (χ1) is 5.67. The Morgan fingerprint density at radius 2 is 2.00 bits per heavy atom. The molecule has 0 spiro atoms. The Bertz CT molecular complexity index is 224. The van der Waals surface area contributed by atoms with Crippen LogP contribution < -0.4 is 0 Å². The van der Waals surface area contributed by atoms with Crippen LogP contribution in [0.4, 0.5) is 0 Å². The lowest BCUT2D eigenvalue weighted by molar-refractivity contribution is 0.641. The normalized spacial score (nSPS) is 11.8. The largest absolute Gasteiger partial charge is 0.312 e. The zero-order chi connectivity index (χ0) is 9.56. The van der Waals surface area contributed by atoms with E-state index in [4.69, 9.17) is 0 Å². The van der Waals surface area contributed by atoms with Crippen LogP contribution in [0, 0.1) is 0 Å². The van der Waals surface area contributed by atoms with Crippen molar-refractivity contribution in [1.29, 1.82) is 0 Å². The maximum atomic E-state index is 3.85. The number of nitrogens with zero attached hydrogens (tertiary/aromatic N) is 1. The van der Waals surface area contributed by atoms with Gasteiger partial charge in [0.15, 0.2) is 0 Å². The second kappa shape index (κ2) is 5.84. The molecule has 2 heteroatoms. The van der Waals surface area contributed by atoms with E-state index in [0.717, 1.165) is 10.3 Å². The van der Waals surface area contributed by atoms with Crippen molar-refractivity contribution in [2.24, 2.45) is 0 Å². The van der Waals surface area contributed by atoms with Crippen LogP contribution in [0.3, 0.4) is 0 Å². The van der Waals surface area contributed by atoms with Gasteiger partial charge in [0.1, 0.15) is 0 Å². The zero-order valence-electron chi connectivity index (χ0n) is 7.55. The third-order valence-corrected chi connectivity index (χ3v) is 2.15. The minimum absolute atomic E-state index is 0.845. The fourth-order valence-corrected chi connectivity index (χ4v) is 1.04. The molecule has 0 amide bonds. The molecular formula is C10H14BrN. The minimum atomic E-state index is 0.845. The van der Waals surface area contributed by atoms with Gasteiger partial charge in [-0.1, -0.05) is 25.3 Å². The molecule has 0 bridgehead atoms. The summed E-state index contributed by atoms with van der Waals surface area (Å²) < 4.78 is 0.963. The molecular weight excluding hydrogens is 214 g/mol. The quantitative estimate of drug-likeness (QED) is 0.522. The molecule has 0 N–H and O–H groups in total. The third-order valence-electron chi connectivity index (χ3n) is 1.31. The highest BCUT2D eigenvalue weighted by Crippen LogP contribution is 2.18. The molecule has 0 aromatic rings. The van der Waals surface area contributed by atoms with Crippen molar-refractivity contribution in [3.8, 4) is 0 Å². The smallest absolute Gasteiger partial charge is 0.0847 e. The average Bonchev–Trinajstić information content (AvgIpc) is 2.11. The van der Waals surface area contributed by atoms with Crippen molar-refractivity contribution in [2.45, 2.75) is 13.8 Å². The van der Waals surface area contributed by atoms with Gasteiger partial charge in [0.2, 0.25) is 0 Å². The molecule has 0 radical (unpaired) electrons. The molecule has 0 aliphatic rings.